The smallest absolute Gasteiger partial charge is 0.462 e. The van der Waals surface area contributed by atoms with Gasteiger partial charge in [0.25, 0.3) is 0 Å². The fourth-order valence-corrected chi connectivity index (χ4v) is 7.90. The monoisotopic (exact) mass is 964 g/mol. The van der Waals surface area contributed by atoms with Crippen LogP contribution in [0.15, 0.2) is 60.8 Å². The standard InChI is InChI=1S/C46H78O17P2/c1-3-5-7-8-9-10-11-12-13-14-15-16-17-18-19-20-22-28-46(53)63-40(36-62-65(57,58)61-34-39(49)33-60-64(54,55)56)35-59-45(52)27-24-23-26-38(48)31-42-41(43(50)32-44(42)51)30-29-37(47)25-21-6-4-2/h9-10,12-13,15-16,18-19,29-30,37,39-44,47,49-51H,3-8,11,14,17,20-28,31-36H2,1-2H3,(H,57,58)(H2,54,55,56)/b10-9-,13-12-,16-15-,19-18-,30-29+/t37-,39-,40+,41+,42+,43+,44-/m0/s1. The first kappa shape index (κ1) is 60.4. The van der Waals surface area contributed by atoms with Crippen LogP contribution in [0.3, 0.4) is 0 Å². The molecule has 374 valence electrons. The zero-order valence-electron chi connectivity index (χ0n) is 38.4. The Kier molecular flexibility index (Phi) is 33.8. The second kappa shape index (κ2) is 36.4. The Morgan fingerprint density at radius 2 is 1.20 bits per heavy atom. The molecule has 0 aromatic carbocycles. The summed E-state index contributed by atoms with van der Waals surface area (Å²) in [6.07, 6.45) is 27.1. The van der Waals surface area contributed by atoms with E-state index in [-0.39, 0.29) is 44.3 Å². The van der Waals surface area contributed by atoms with Gasteiger partial charge in [-0.3, -0.25) is 28.0 Å². The predicted octanol–water partition coefficient (Wildman–Crippen LogP) is 7.57. The third kappa shape index (κ3) is 33.5. The number of aliphatic hydroxyl groups is 4. The lowest BCUT2D eigenvalue weighted by molar-refractivity contribution is -0.161. The van der Waals surface area contributed by atoms with Crippen molar-refractivity contribution in [1.82, 2.24) is 0 Å². The maximum absolute atomic E-state index is 12.9. The summed E-state index contributed by atoms with van der Waals surface area (Å²) in [6, 6.07) is 0. The summed E-state index contributed by atoms with van der Waals surface area (Å²) in [5.41, 5.74) is 0. The minimum atomic E-state index is -4.92. The number of carbonyl (C=O) groups is 3. The van der Waals surface area contributed by atoms with E-state index in [2.05, 4.69) is 59.4 Å². The summed E-state index contributed by atoms with van der Waals surface area (Å²) in [5, 5.41) is 41.1. The van der Waals surface area contributed by atoms with Gasteiger partial charge < -0.3 is 44.6 Å². The molecule has 0 amide bonds. The molecule has 0 radical (unpaired) electrons. The van der Waals surface area contributed by atoms with Crippen LogP contribution in [0.1, 0.15) is 142 Å². The summed E-state index contributed by atoms with van der Waals surface area (Å²) < 4.78 is 47.7. The van der Waals surface area contributed by atoms with Crippen molar-refractivity contribution in [3.05, 3.63) is 60.8 Å². The molecule has 0 aliphatic heterocycles. The number of aliphatic hydroxyl groups excluding tert-OH is 4. The van der Waals surface area contributed by atoms with Gasteiger partial charge in [0, 0.05) is 43.9 Å². The second-order valence-corrected chi connectivity index (χ2v) is 19.0. The van der Waals surface area contributed by atoms with E-state index in [1.54, 1.807) is 12.2 Å². The number of rotatable bonds is 39. The zero-order chi connectivity index (χ0) is 48.4. The molecule has 1 unspecified atom stereocenters. The molecular weight excluding hydrogens is 886 g/mol. The second-order valence-electron chi connectivity index (χ2n) is 16.3. The first-order valence-corrected chi connectivity index (χ1v) is 26.2. The number of phosphoric acid groups is 2. The third-order valence-corrected chi connectivity index (χ3v) is 11.8. The normalized spacial score (nSPS) is 20.6. The van der Waals surface area contributed by atoms with Crippen LogP contribution in [0.4, 0.5) is 0 Å². The van der Waals surface area contributed by atoms with E-state index < -0.39 is 96.4 Å². The summed E-state index contributed by atoms with van der Waals surface area (Å²) in [4.78, 5) is 65.8. The van der Waals surface area contributed by atoms with Gasteiger partial charge in [-0.1, -0.05) is 107 Å². The summed E-state index contributed by atoms with van der Waals surface area (Å²) in [6.45, 7) is 1.13. The van der Waals surface area contributed by atoms with Crippen LogP contribution in [0.25, 0.3) is 0 Å². The van der Waals surface area contributed by atoms with Crippen LogP contribution in [0, 0.1) is 11.8 Å². The topological polar surface area (TPSA) is 273 Å². The first-order valence-electron chi connectivity index (χ1n) is 23.2. The quantitative estimate of drug-likeness (QED) is 0.0135. The van der Waals surface area contributed by atoms with Crippen LogP contribution < -0.4 is 0 Å². The molecule has 1 saturated carbocycles. The van der Waals surface area contributed by atoms with Crippen molar-refractivity contribution in [1.29, 1.82) is 0 Å². The Hall–Kier alpha value is -2.63. The predicted molar refractivity (Wildman–Crippen MR) is 246 cm³/mol. The Balaban J connectivity index is 2.61. The molecule has 0 heterocycles. The molecule has 8 atom stereocenters. The average molecular weight is 965 g/mol. The Bertz CT molecular complexity index is 1560. The maximum atomic E-state index is 12.9. The van der Waals surface area contributed by atoms with E-state index in [9.17, 15) is 48.8 Å². The first-order chi connectivity index (χ1) is 31.0. The van der Waals surface area contributed by atoms with Crippen molar-refractivity contribution in [2.75, 3.05) is 26.4 Å². The largest absolute Gasteiger partial charge is 0.472 e. The fraction of sp³-hybridized carbons (Fsp3) is 0.717. The molecule has 0 aromatic rings. The molecule has 19 heteroatoms. The number of phosphoric ester groups is 2. The average Bonchev–Trinajstić information content (AvgIpc) is 3.51. The number of allylic oxidation sites excluding steroid dienone is 8. The summed E-state index contributed by atoms with van der Waals surface area (Å²) in [5.74, 6) is -2.53. The van der Waals surface area contributed by atoms with Crippen molar-refractivity contribution in [3.8, 4) is 0 Å². The molecule has 7 N–H and O–H groups in total. The van der Waals surface area contributed by atoms with Gasteiger partial charge in [-0.15, -0.1) is 0 Å². The number of carbonyl (C=O) groups excluding carboxylic acids is 3. The minimum Gasteiger partial charge on any atom is -0.462 e. The maximum Gasteiger partial charge on any atom is 0.472 e. The van der Waals surface area contributed by atoms with E-state index in [0.717, 1.165) is 44.9 Å². The number of unbranched alkanes of at least 4 members (excludes halogenated alkanes) is 7. The van der Waals surface area contributed by atoms with Crippen molar-refractivity contribution < 1.29 is 81.7 Å². The SMILES string of the molecule is CCCCC/C=C\C/C=C\C/C=C\C/C=C\CCCC(=O)O[C@H](COC(=O)CCCCC(=O)C[C@@H]1[C@@H](/C=C/[C@@H](O)CCCCC)[C@H](O)C[C@@H]1O)COP(=O)(O)OC[C@@H](O)COP(=O)(O)O. The van der Waals surface area contributed by atoms with Crippen LogP contribution in [0.5, 0.6) is 0 Å². The van der Waals surface area contributed by atoms with E-state index in [1.165, 1.54) is 19.3 Å². The molecule has 17 nitrogen and oxygen atoms in total. The Morgan fingerprint density at radius 1 is 0.646 bits per heavy atom. The summed E-state index contributed by atoms with van der Waals surface area (Å²) in [7, 11) is -9.84. The van der Waals surface area contributed by atoms with Crippen molar-refractivity contribution >= 4 is 33.4 Å². The molecule has 0 spiro atoms. The van der Waals surface area contributed by atoms with E-state index in [4.69, 9.17) is 23.8 Å². The van der Waals surface area contributed by atoms with E-state index in [1.807, 2.05) is 12.2 Å². The van der Waals surface area contributed by atoms with Gasteiger partial charge in [-0.25, -0.2) is 9.13 Å². The number of hydrogen-bond acceptors (Lipinski definition) is 14. The number of hydrogen-bond donors (Lipinski definition) is 7. The van der Waals surface area contributed by atoms with Gasteiger partial charge >= 0.3 is 27.6 Å². The van der Waals surface area contributed by atoms with Crippen LogP contribution >= 0.6 is 15.6 Å². The van der Waals surface area contributed by atoms with Crippen molar-refractivity contribution in [2.45, 2.75) is 173 Å². The number of ketones is 1. The molecule has 0 saturated heterocycles. The Morgan fingerprint density at radius 3 is 1.83 bits per heavy atom. The van der Waals surface area contributed by atoms with Gasteiger partial charge in [0.15, 0.2) is 6.10 Å². The van der Waals surface area contributed by atoms with Crippen LogP contribution in [0.2, 0.25) is 0 Å². The number of ether oxygens (including phenoxy) is 2. The molecule has 65 heavy (non-hydrogen) atoms. The lowest BCUT2D eigenvalue weighted by atomic mass is 9.87. The zero-order valence-corrected chi connectivity index (χ0v) is 40.2. The lowest BCUT2D eigenvalue weighted by Crippen LogP contribution is -2.30. The fourth-order valence-electron chi connectivity index (χ4n) is 6.75. The molecule has 1 rings (SSSR count). The van der Waals surface area contributed by atoms with E-state index >= 15 is 0 Å². The van der Waals surface area contributed by atoms with Gasteiger partial charge in [0.05, 0.1) is 38.1 Å². The number of Topliss-reactive ketones (excluding diaryl/α,β-unsaturated/α-hetero) is 1. The number of esters is 2. The summed E-state index contributed by atoms with van der Waals surface area (Å²) >= 11 is 0. The molecular formula is C46H78O17P2. The third-order valence-electron chi connectivity index (χ3n) is 10.4. The highest BCUT2D eigenvalue weighted by Gasteiger charge is 2.41. The van der Waals surface area contributed by atoms with Gasteiger partial charge in [0.2, 0.25) is 0 Å². The molecule has 1 fully saturated rings. The minimum absolute atomic E-state index is 0.0234. The highest BCUT2D eigenvalue weighted by molar-refractivity contribution is 7.47. The molecule has 1 aliphatic carbocycles. The van der Waals surface area contributed by atoms with Gasteiger partial charge in [-0.05, 0) is 64.2 Å². The van der Waals surface area contributed by atoms with Gasteiger partial charge in [-0.2, -0.15) is 0 Å². The van der Waals surface area contributed by atoms with Gasteiger partial charge in [0.1, 0.15) is 18.5 Å². The molecule has 0 aromatic heterocycles. The van der Waals surface area contributed by atoms with E-state index in [0.29, 0.717) is 25.7 Å². The van der Waals surface area contributed by atoms with Crippen molar-refractivity contribution in [2.24, 2.45) is 11.8 Å². The highest BCUT2D eigenvalue weighted by Crippen LogP contribution is 2.44. The molecule has 1 aliphatic rings. The van der Waals surface area contributed by atoms with Crippen molar-refractivity contribution in [3.63, 3.8) is 0 Å². The van der Waals surface area contributed by atoms with Crippen LogP contribution in [-0.4, -0.2) is 110 Å². The van der Waals surface area contributed by atoms with Crippen LogP contribution in [-0.2, 0) is 46.6 Å². The lowest BCUT2D eigenvalue weighted by Gasteiger charge is -2.21. The molecule has 0 bridgehead atoms. The highest BCUT2D eigenvalue weighted by atomic mass is 31.2. The Labute approximate surface area is 385 Å².